The normalized spacial score (nSPS) is 21.7. The number of carbonyl (C=O) groups excluding carboxylic acids is 2. The van der Waals surface area contributed by atoms with E-state index < -0.39 is 0 Å². The second-order valence-corrected chi connectivity index (χ2v) is 6.83. The van der Waals surface area contributed by atoms with Crippen molar-refractivity contribution in [2.45, 2.75) is 37.5 Å². The van der Waals surface area contributed by atoms with E-state index >= 15 is 0 Å². The van der Waals surface area contributed by atoms with Gasteiger partial charge in [-0.05, 0) is 30.5 Å². The van der Waals surface area contributed by atoms with E-state index in [0.717, 1.165) is 18.5 Å². The molecule has 0 bridgehead atoms. The quantitative estimate of drug-likeness (QED) is 0.922. The van der Waals surface area contributed by atoms with Gasteiger partial charge in [0.05, 0.1) is 6.54 Å². The molecule has 1 saturated carbocycles. The summed E-state index contributed by atoms with van der Waals surface area (Å²) in [5, 5.41) is 0. The Morgan fingerprint density at radius 1 is 1.09 bits per heavy atom. The Morgan fingerprint density at radius 2 is 1.83 bits per heavy atom. The van der Waals surface area contributed by atoms with Crippen LogP contribution in [0.3, 0.4) is 0 Å². The molecule has 1 aromatic carbocycles. The van der Waals surface area contributed by atoms with Gasteiger partial charge in [-0.1, -0.05) is 31.4 Å². The number of amides is 2. The van der Waals surface area contributed by atoms with Gasteiger partial charge in [-0.2, -0.15) is 0 Å². The maximum atomic E-state index is 12.3. The van der Waals surface area contributed by atoms with Crippen LogP contribution in [0.15, 0.2) is 24.3 Å². The number of likely N-dealkylation sites (N-methyl/N-ethyl adjacent to an activating group) is 1. The van der Waals surface area contributed by atoms with E-state index in [9.17, 15) is 9.59 Å². The number of carbonyl (C=O) groups is 2. The molecule has 1 aliphatic carbocycles. The highest BCUT2D eigenvalue weighted by atomic mass is 16.2. The molecule has 3 rings (SSSR count). The van der Waals surface area contributed by atoms with E-state index in [0.29, 0.717) is 6.54 Å². The Morgan fingerprint density at radius 3 is 2.52 bits per heavy atom. The Hall–Kier alpha value is -1.88. The molecule has 0 atom stereocenters. The topological polar surface area (TPSA) is 66.6 Å². The molecule has 2 N–H and O–H groups in total. The molecule has 2 fully saturated rings. The lowest BCUT2D eigenvalue weighted by atomic mass is 9.69. The molecule has 0 radical (unpaired) electrons. The average Bonchev–Trinajstić information content (AvgIpc) is 2.59. The first kappa shape index (κ1) is 16.0. The number of nitrogens with two attached hydrogens (primary N) is 1. The van der Waals surface area contributed by atoms with Crippen LogP contribution in [-0.4, -0.2) is 43.4 Å². The third-order valence-corrected chi connectivity index (χ3v) is 5.36. The molecule has 0 unspecified atom stereocenters. The fourth-order valence-electron chi connectivity index (χ4n) is 3.80. The van der Waals surface area contributed by atoms with Crippen LogP contribution in [0.4, 0.5) is 5.69 Å². The maximum Gasteiger partial charge on any atom is 0.247 e. The van der Waals surface area contributed by atoms with Gasteiger partial charge in [0.15, 0.2) is 0 Å². The minimum absolute atomic E-state index is 0.0217. The molecule has 2 amide bonds. The number of anilines is 1. The summed E-state index contributed by atoms with van der Waals surface area (Å²) in [4.78, 5) is 27.3. The molecule has 5 nitrogen and oxygen atoms in total. The van der Waals surface area contributed by atoms with E-state index in [1.165, 1.54) is 29.7 Å². The van der Waals surface area contributed by atoms with Crippen LogP contribution < -0.4 is 10.6 Å². The number of hydrogen-bond donors (Lipinski definition) is 1. The van der Waals surface area contributed by atoms with Crippen molar-refractivity contribution in [2.24, 2.45) is 5.73 Å². The molecule has 23 heavy (non-hydrogen) atoms. The van der Waals surface area contributed by atoms with Crippen molar-refractivity contribution in [1.29, 1.82) is 0 Å². The van der Waals surface area contributed by atoms with E-state index in [2.05, 4.69) is 12.1 Å². The Labute approximate surface area is 137 Å². The van der Waals surface area contributed by atoms with Gasteiger partial charge in [-0.15, -0.1) is 0 Å². The monoisotopic (exact) mass is 315 g/mol. The molecule has 2 aliphatic rings. The number of benzene rings is 1. The molecule has 1 saturated heterocycles. The van der Waals surface area contributed by atoms with Gasteiger partial charge in [0.2, 0.25) is 11.8 Å². The second-order valence-electron chi connectivity index (χ2n) is 6.83. The van der Waals surface area contributed by atoms with Gasteiger partial charge < -0.3 is 15.5 Å². The van der Waals surface area contributed by atoms with Gasteiger partial charge in [0, 0.05) is 24.7 Å². The zero-order valence-corrected chi connectivity index (χ0v) is 13.8. The molecule has 124 valence electrons. The standard InChI is InChI=1S/C18H25N3O2/c1-20-11-17(23)21(12-16(20)22)15-7-5-6-14(10-15)18(13-19)8-3-2-4-9-18/h5-7,10H,2-4,8-9,11-13,19H2,1H3. The molecular weight excluding hydrogens is 290 g/mol. The largest absolute Gasteiger partial charge is 0.335 e. The molecule has 1 aliphatic heterocycles. The summed E-state index contributed by atoms with van der Waals surface area (Å²) < 4.78 is 0. The Balaban J connectivity index is 1.90. The lowest BCUT2D eigenvalue weighted by molar-refractivity contribution is -0.136. The zero-order valence-electron chi connectivity index (χ0n) is 13.8. The smallest absolute Gasteiger partial charge is 0.247 e. The molecular formula is C18H25N3O2. The van der Waals surface area contributed by atoms with Crippen molar-refractivity contribution in [1.82, 2.24) is 4.90 Å². The Bertz CT molecular complexity index is 608. The second kappa shape index (κ2) is 6.32. The predicted molar refractivity (Wildman–Crippen MR) is 90.2 cm³/mol. The third kappa shape index (κ3) is 2.98. The summed E-state index contributed by atoms with van der Waals surface area (Å²) >= 11 is 0. The van der Waals surface area contributed by atoms with Crippen LogP contribution in [0.5, 0.6) is 0 Å². The highest BCUT2D eigenvalue weighted by Crippen LogP contribution is 2.39. The first-order valence-electron chi connectivity index (χ1n) is 8.41. The number of hydrogen-bond acceptors (Lipinski definition) is 3. The van der Waals surface area contributed by atoms with E-state index in [4.69, 9.17) is 5.73 Å². The summed E-state index contributed by atoms with van der Waals surface area (Å²) in [6, 6.07) is 8.07. The fraction of sp³-hybridized carbons (Fsp3) is 0.556. The van der Waals surface area contributed by atoms with Crippen LogP contribution in [0.25, 0.3) is 0 Å². The van der Waals surface area contributed by atoms with Crippen LogP contribution in [0.2, 0.25) is 0 Å². The minimum atomic E-state index is -0.0327. The summed E-state index contributed by atoms with van der Waals surface area (Å²) in [5.74, 6) is -0.0594. The number of rotatable bonds is 3. The Kier molecular flexibility index (Phi) is 4.39. The number of nitrogens with zero attached hydrogens (tertiary/aromatic N) is 2. The van der Waals surface area contributed by atoms with Crippen molar-refractivity contribution in [3.8, 4) is 0 Å². The molecule has 5 heteroatoms. The molecule has 0 aromatic heterocycles. The third-order valence-electron chi connectivity index (χ3n) is 5.36. The fourth-order valence-corrected chi connectivity index (χ4v) is 3.80. The van der Waals surface area contributed by atoms with Crippen LogP contribution in [-0.2, 0) is 15.0 Å². The van der Waals surface area contributed by atoms with Crippen LogP contribution in [0.1, 0.15) is 37.7 Å². The predicted octanol–water partition coefficient (Wildman–Crippen LogP) is 1.65. The number of piperazine rings is 1. The SMILES string of the molecule is CN1CC(=O)N(c2cccc(C3(CN)CCCCC3)c2)CC1=O. The lowest BCUT2D eigenvalue weighted by Crippen LogP contribution is -2.52. The van der Waals surface area contributed by atoms with Crippen molar-refractivity contribution < 1.29 is 9.59 Å². The molecule has 1 aromatic rings. The molecule has 1 heterocycles. The van der Waals surface area contributed by atoms with Crippen molar-refractivity contribution in [2.75, 3.05) is 31.6 Å². The summed E-state index contributed by atoms with van der Waals surface area (Å²) in [6.07, 6.45) is 5.87. The van der Waals surface area contributed by atoms with E-state index in [-0.39, 0.29) is 30.3 Å². The summed E-state index contributed by atoms with van der Waals surface area (Å²) in [7, 11) is 1.67. The lowest BCUT2D eigenvalue weighted by Gasteiger charge is -2.38. The highest BCUT2D eigenvalue weighted by Gasteiger charge is 2.34. The van der Waals surface area contributed by atoms with Gasteiger partial charge >= 0.3 is 0 Å². The van der Waals surface area contributed by atoms with Gasteiger partial charge in [-0.3, -0.25) is 9.59 Å². The average molecular weight is 315 g/mol. The van der Waals surface area contributed by atoms with Gasteiger partial charge in [-0.25, -0.2) is 0 Å². The zero-order chi connectivity index (χ0) is 16.4. The van der Waals surface area contributed by atoms with Crippen LogP contribution in [0, 0.1) is 0 Å². The van der Waals surface area contributed by atoms with Crippen molar-refractivity contribution >= 4 is 17.5 Å². The summed E-state index contributed by atoms with van der Waals surface area (Å²) in [5.41, 5.74) is 8.16. The highest BCUT2D eigenvalue weighted by molar-refractivity contribution is 6.04. The first-order valence-corrected chi connectivity index (χ1v) is 8.41. The van der Waals surface area contributed by atoms with Gasteiger partial charge in [0.25, 0.3) is 0 Å². The summed E-state index contributed by atoms with van der Waals surface area (Å²) in [6.45, 7) is 0.894. The first-order chi connectivity index (χ1) is 11.1. The molecule has 0 spiro atoms. The van der Waals surface area contributed by atoms with Crippen molar-refractivity contribution in [3.63, 3.8) is 0 Å². The van der Waals surface area contributed by atoms with Crippen molar-refractivity contribution in [3.05, 3.63) is 29.8 Å². The van der Waals surface area contributed by atoms with E-state index in [1.54, 1.807) is 11.9 Å². The van der Waals surface area contributed by atoms with E-state index in [1.807, 2.05) is 12.1 Å². The van der Waals surface area contributed by atoms with Crippen LogP contribution >= 0.6 is 0 Å². The minimum Gasteiger partial charge on any atom is -0.335 e. The van der Waals surface area contributed by atoms with Gasteiger partial charge in [0.1, 0.15) is 6.54 Å². The maximum absolute atomic E-state index is 12.3.